The lowest BCUT2D eigenvalue weighted by Crippen LogP contribution is -2.03. The molecule has 1 aliphatic rings. The van der Waals surface area contributed by atoms with Crippen LogP contribution in [0.15, 0.2) is 6.07 Å². The molecule has 0 atom stereocenters. The number of pyridine rings is 1. The van der Waals surface area contributed by atoms with Crippen LogP contribution in [0.3, 0.4) is 0 Å². The molecule has 0 aromatic carbocycles. The van der Waals surface area contributed by atoms with Gasteiger partial charge in [-0.1, -0.05) is 0 Å². The third-order valence-electron chi connectivity index (χ3n) is 2.23. The van der Waals surface area contributed by atoms with E-state index >= 15 is 0 Å². The van der Waals surface area contributed by atoms with Gasteiger partial charge in [0.2, 0.25) is 0 Å². The van der Waals surface area contributed by atoms with Crippen LogP contribution in [-0.2, 0) is 12.8 Å². The molecular weight excluding hydrogens is 170 g/mol. The van der Waals surface area contributed by atoms with Crippen LogP contribution in [-0.4, -0.2) is 21.2 Å². The number of aromatic hydroxyl groups is 1. The van der Waals surface area contributed by atoms with E-state index < -0.39 is 5.97 Å². The van der Waals surface area contributed by atoms with Crippen LogP contribution in [0.2, 0.25) is 0 Å². The van der Waals surface area contributed by atoms with E-state index in [1.54, 1.807) is 0 Å². The number of carboxylic acids is 1. The first-order valence-corrected chi connectivity index (χ1v) is 4.13. The highest BCUT2D eigenvalue weighted by atomic mass is 16.4. The van der Waals surface area contributed by atoms with E-state index in [0.29, 0.717) is 0 Å². The van der Waals surface area contributed by atoms with Gasteiger partial charge in [-0.15, -0.1) is 0 Å². The zero-order chi connectivity index (χ0) is 9.42. The summed E-state index contributed by atoms with van der Waals surface area (Å²) in [7, 11) is 0. The zero-order valence-electron chi connectivity index (χ0n) is 6.95. The summed E-state index contributed by atoms with van der Waals surface area (Å²) in [4.78, 5) is 14.5. The molecule has 68 valence electrons. The highest BCUT2D eigenvalue weighted by molar-refractivity contribution is 5.88. The van der Waals surface area contributed by atoms with Crippen LogP contribution in [0, 0.1) is 0 Å². The van der Waals surface area contributed by atoms with Crippen molar-refractivity contribution in [2.75, 3.05) is 0 Å². The topological polar surface area (TPSA) is 70.4 Å². The predicted octanol–water partition coefficient (Wildman–Crippen LogP) is 0.974. The number of aromatic nitrogens is 1. The number of hydrogen-bond donors (Lipinski definition) is 2. The Balaban J connectivity index is 2.55. The Kier molecular flexibility index (Phi) is 1.69. The molecule has 0 unspecified atom stereocenters. The van der Waals surface area contributed by atoms with Crippen LogP contribution in [0.25, 0.3) is 0 Å². The number of rotatable bonds is 1. The lowest BCUT2D eigenvalue weighted by molar-refractivity contribution is 0.0686. The summed E-state index contributed by atoms with van der Waals surface area (Å²) in [6.45, 7) is 0. The van der Waals surface area contributed by atoms with E-state index in [1.807, 2.05) is 0 Å². The quantitative estimate of drug-likeness (QED) is 0.674. The van der Waals surface area contributed by atoms with Gasteiger partial charge in [-0.05, 0) is 30.9 Å². The van der Waals surface area contributed by atoms with Gasteiger partial charge in [0.25, 0.3) is 0 Å². The Morgan fingerprint density at radius 1 is 1.46 bits per heavy atom. The summed E-state index contributed by atoms with van der Waals surface area (Å²) in [6, 6.07) is 1.51. The maximum atomic E-state index is 10.6. The zero-order valence-corrected chi connectivity index (χ0v) is 6.95. The van der Waals surface area contributed by atoms with Crippen LogP contribution < -0.4 is 0 Å². The van der Waals surface area contributed by atoms with Crippen LogP contribution >= 0.6 is 0 Å². The molecule has 2 N–H and O–H groups in total. The van der Waals surface area contributed by atoms with Crippen molar-refractivity contribution in [1.29, 1.82) is 0 Å². The predicted molar refractivity (Wildman–Crippen MR) is 44.9 cm³/mol. The number of fused-ring (bicyclic) bond motifs is 1. The standard InChI is InChI=1S/C9H9NO3/c11-7-4-5-2-1-3-6(5)10-8(7)9(12)13/h4,11H,1-3H2,(H,12,13). The normalized spacial score (nSPS) is 14.2. The second kappa shape index (κ2) is 2.73. The Morgan fingerprint density at radius 2 is 2.23 bits per heavy atom. The minimum Gasteiger partial charge on any atom is -0.505 e. The molecule has 1 aromatic rings. The maximum absolute atomic E-state index is 10.6. The minimum atomic E-state index is -1.17. The molecule has 4 heteroatoms. The smallest absolute Gasteiger partial charge is 0.358 e. The molecule has 1 aliphatic carbocycles. The molecule has 0 amide bonds. The molecule has 0 saturated heterocycles. The third-order valence-corrected chi connectivity index (χ3v) is 2.23. The molecule has 0 saturated carbocycles. The molecule has 0 bridgehead atoms. The van der Waals surface area contributed by atoms with Gasteiger partial charge in [0.05, 0.1) is 0 Å². The monoisotopic (exact) mass is 179 g/mol. The van der Waals surface area contributed by atoms with Crippen molar-refractivity contribution < 1.29 is 15.0 Å². The molecule has 0 radical (unpaired) electrons. The fraction of sp³-hybridized carbons (Fsp3) is 0.333. The number of aromatic carboxylic acids is 1. The van der Waals surface area contributed by atoms with Gasteiger partial charge in [-0.25, -0.2) is 9.78 Å². The SMILES string of the molecule is O=C(O)c1nc2c(cc1O)CCC2. The lowest BCUT2D eigenvalue weighted by atomic mass is 10.2. The number of carbonyl (C=O) groups is 1. The van der Waals surface area contributed by atoms with Crippen molar-refractivity contribution in [3.63, 3.8) is 0 Å². The van der Waals surface area contributed by atoms with Crippen LogP contribution in [0.4, 0.5) is 0 Å². The molecule has 0 spiro atoms. The largest absolute Gasteiger partial charge is 0.505 e. The maximum Gasteiger partial charge on any atom is 0.358 e. The summed E-state index contributed by atoms with van der Waals surface area (Å²) in [5.41, 5.74) is 1.55. The van der Waals surface area contributed by atoms with E-state index in [1.165, 1.54) is 6.07 Å². The molecule has 1 heterocycles. The average molecular weight is 179 g/mol. The number of aryl methyl sites for hydroxylation is 2. The Hall–Kier alpha value is -1.58. The van der Waals surface area contributed by atoms with Gasteiger partial charge >= 0.3 is 5.97 Å². The van der Waals surface area contributed by atoms with Crippen molar-refractivity contribution in [3.8, 4) is 5.75 Å². The summed E-state index contributed by atoms with van der Waals surface area (Å²) in [5.74, 6) is -1.40. The highest BCUT2D eigenvalue weighted by Gasteiger charge is 2.19. The Bertz CT molecular complexity index is 373. The fourth-order valence-electron chi connectivity index (χ4n) is 1.62. The summed E-state index contributed by atoms with van der Waals surface area (Å²) in [5, 5.41) is 18.0. The second-order valence-corrected chi connectivity index (χ2v) is 3.12. The van der Waals surface area contributed by atoms with E-state index in [2.05, 4.69) is 4.98 Å². The third kappa shape index (κ3) is 1.24. The molecule has 13 heavy (non-hydrogen) atoms. The molecule has 4 nitrogen and oxygen atoms in total. The van der Waals surface area contributed by atoms with Gasteiger partial charge in [0.15, 0.2) is 5.69 Å². The fourth-order valence-corrected chi connectivity index (χ4v) is 1.62. The van der Waals surface area contributed by atoms with Gasteiger partial charge in [-0.3, -0.25) is 0 Å². The van der Waals surface area contributed by atoms with Crippen LogP contribution in [0.1, 0.15) is 28.2 Å². The first-order valence-electron chi connectivity index (χ1n) is 4.13. The van der Waals surface area contributed by atoms with Crippen molar-refractivity contribution in [2.45, 2.75) is 19.3 Å². The molecule has 0 fully saturated rings. The molecule has 2 rings (SSSR count). The van der Waals surface area contributed by atoms with Crippen molar-refractivity contribution in [1.82, 2.24) is 4.98 Å². The highest BCUT2D eigenvalue weighted by Crippen LogP contribution is 2.25. The van der Waals surface area contributed by atoms with E-state index in [9.17, 15) is 9.90 Å². The second-order valence-electron chi connectivity index (χ2n) is 3.12. The van der Waals surface area contributed by atoms with Gasteiger partial charge in [0, 0.05) is 5.69 Å². The van der Waals surface area contributed by atoms with Gasteiger partial charge in [0.1, 0.15) is 5.75 Å². The number of hydrogen-bond acceptors (Lipinski definition) is 3. The molecule has 0 aliphatic heterocycles. The minimum absolute atomic E-state index is 0.229. The summed E-state index contributed by atoms with van der Waals surface area (Å²) >= 11 is 0. The van der Waals surface area contributed by atoms with E-state index in [-0.39, 0.29) is 11.4 Å². The summed E-state index contributed by atoms with van der Waals surface area (Å²) < 4.78 is 0. The molecule has 1 aromatic heterocycles. The van der Waals surface area contributed by atoms with Gasteiger partial charge < -0.3 is 10.2 Å². The first kappa shape index (κ1) is 8.04. The Labute approximate surface area is 74.9 Å². The van der Waals surface area contributed by atoms with E-state index in [4.69, 9.17) is 5.11 Å². The Morgan fingerprint density at radius 3 is 2.92 bits per heavy atom. The van der Waals surface area contributed by atoms with Crippen LogP contribution in [0.5, 0.6) is 5.75 Å². The molecular formula is C9H9NO3. The lowest BCUT2D eigenvalue weighted by Gasteiger charge is -2.02. The van der Waals surface area contributed by atoms with Crippen molar-refractivity contribution in [3.05, 3.63) is 23.0 Å². The van der Waals surface area contributed by atoms with Crippen molar-refractivity contribution in [2.24, 2.45) is 0 Å². The number of carboxylic acid groups (broad SMARTS) is 1. The summed E-state index contributed by atoms with van der Waals surface area (Å²) in [6.07, 6.45) is 2.69. The first-order chi connectivity index (χ1) is 6.18. The average Bonchev–Trinajstić information content (AvgIpc) is 2.48. The number of nitrogens with zero attached hydrogens (tertiary/aromatic N) is 1. The van der Waals surface area contributed by atoms with Gasteiger partial charge in [-0.2, -0.15) is 0 Å². The van der Waals surface area contributed by atoms with Crippen molar-refractivity contribution >= 4 is 5.97 Å². The van der Waals surface area contributed by atoms with E-state index in [0.717, 1.165) is 30.5 Å².